The zero-order chi connectivity index (χ0) is 15.9. The average molecular weight is 309 g/mol. The van der Waals surface area contributed by atoms with Crippen LogP contribution in [-0.4, -0.2) is 26.7 Å². The Bertz CT molecular complexity index is 595. The van der Waals surface area contributed by atoms with Gasteiger partial charge in [0.1, 0.15) is 0 Å². The van der Waals surface area contributed by atoms with Crippen LogP contribution in [0.3, 0.4) is 0 Å². The van der Waals surface area contributed by atoms with Crippen LogP contribution >= 0.6 is 0 Å². The molecule has 0 aromatic heterocycles. The molecule has 0 aliphatic heterocycles. The van der Waals surface area contributed by atoms with Gasteiger partial charge >= 0.3 is 0 Å². The predicted octanol–water partition coefficient (Wildman–Crippen LogP) is 1.99. The van der Waals surface area contributed by atoms with Gasteiger partial charge in [-0.25, -0.2) is 13.1 Å². The standard InChI is InChI=1S/C16H23NO3S/c1-13(2)14(3)12-17-21(19,20)16-9-7-15(8-10-16)6-4-5-11-18/h7-10,13-14,17-18H,5,11-12H2,1-3H3. The number of benzene rings is 1. The molecule has 4 nitrogen and oxygen atoms in total. The number of sulfonamides is 1. The van der Waals surface area contributed by atoms with Gasteiger partial charge in [0.05, 0.1) is 11.5 Å². The molecule has 0 fully saturated rings. The smallest absolute Gasteiger partial charge is 0.240 e. The number of nitrogens with one attached hydrogen (secondary N) is 1. The van der Waals surface area contributed by atoms with Gasteiger partial charge in [-0.15, -0.1) is 0 Å². The van der Waals surface area contributed by atoms with Crippen molar-refractivity contribution >= 4 is 10.0 Å². The Balaban J connectivity index is 2.74. The fourth-order valence-corrected chi connectivity index (χ4v) is 2.64. The second kappa shape index (κ2) is 8.18. The molecule has 0 radical (unpaired) electrons. The molecule has 1 rings (SSSR count). The zero-order valence-corrected chi connectivity index (χ0v) is 13.6. The van der Waals surface area contributed by atoms with Crippen LogP contribution in [0.25, 0.3) is 0 Å². The van der Waals surface area contributed by atoms with E-state index < -0.39 is 10.0 Å². The summed E-state index contributed by atoms with van der Waals surface area (Å²) in [6.45, 7) is 6.61. The highest BCUT2D eigenvalue weighted by atomic mass is 32.2. The minimum Gasteiger partial charge on any atom is -0.395 e. The van der Waals surface area contributed by atoms with Gasteiger partial charge in [-0.3, -0.25) is 0 Å². The Morgan fingerprint density at radius 1 is 1.19 bits per heavy atom. The first kappa shape index (κ1) is 17.7. The van der Waals surface area contributed by atoms with Crippen molar-refractivity contribution in [2.45, 2.75) is 32.1 Å². The number of aliphatic hydroxyl groups excluding tert-OH is 1. The van der Waals surface area contributed by atoms with Crippen molar-refractivity contribution in [1.82, 2.24) is 4.72 Å². The lowest BCUT2D eigenvalue weighted by atomic mass is 9.99. The number of rotatable bonds is 6. The monoisotopic (exact) mass is 309 g/mol. The first-order chi connectivity index (χ1) is 9.86. The molecule has 0 spiro atoms. The molecular weight excluding hydrogens is 286 g/mol. The van der Waals surface area contributed by atoms with Crippen molar-refractivity contribution < 1.29 is 13.5 Å². The third-order valence-corrected chi connectivity index (χ3v) is 4.81. The zero-order valence-electron chi connectivity index (χ0n) is 12.8. The molecule has 1 unspecified atom stereocenters. The normalized spacial score (nSPS) is 12.8. The fraction of sp³-hybridized carbons (Fsp3) is 0.500. The lowest BCUT2D eigenvalue weighted by Crippen LogP contribution is -2.30. The summed E-state index contributed by atoms with van der Waals surface area (Å²) in [7, 11) is -3.47. The first-order valence-corrected chi connectivity index (χ1v) is 8.54. The number of hydrogen-bond acceptors (Lipinski definition) is 3. The van der Waals surface area contributed by atoms with E-state index in [2.05, 4.69) is 30.4 Å². The Morgan fingerprint density at radius 3 is 2.33 bits per heavy atom. The molecule has 2 N–H and O–H groups in total. The SMILES string of the molecule is CC(C)C(C)CNS(=O)(=O)c1ccc(C#CCCO)cc1. The molecule has 1 aromatic carbocycles. The molecule has 5 heteroatoms. The van der Waals surface area contributed by atoms with Gasteiger partial charge in [0.25, 0.3) is 0 Å². The van der Waals surface area contributed by atoms with Crippen molar-refractivity contribution in [3.63, 3.8) is 0 Å². The molecule has 0 saturated heterocycles. The molecule has 1 atom stereocenters. The van der Waals surface area contributed by atoms with Crippen molar-refractivity contribution in [1.29, 1.82) is 0 Å². The highest BCUT2D eigenvalue weighted by Crippen LogP contribution is 2.12. The van der Waals surface area contributed by atoms with E-state index in [1.807, 2.05) is 6.92 Å². The quantitative estimate of drug-likeness (QED) is 0.790. The molecule has 0 amide bonds. The van der Waals surface area contributed by atoms with E-state index in [9.17, 15) is 8.42 Å². The molecular formula is C16H23NO3S. The second-order valence-electron chi connectivity index (χ2n) is 5.37. The third-order valence-electron chi connectivity index (χ3n) is 3.37. The summed E-state index contributed by atoms with van der Waals surface area (Å²) in [6, 6.07) is 6.44. The summed E-state index contributed by atoms with van der Waals surface area (Å²) in [6.07, 6.45) is 0.411. The van der Waals surface area contributed by atoms with Gasteiger partial charge in [0.2, 0.25) is 10.0 Å². The predicted molar refractivity (Wildman–Crippen MR) is 84.2 cm³/mol. The van der Waals surface area contributed by atoms with Crippen LogP contribution in [0.15, 0.2) is 29.2 Å². The Morgan fingerprint density at radius 2 is 1.81 bits per heavy atom. The molecule has 116 valence electrons. The number of hydrogen-bond donors (Lipinski definition) is 2. The Kier molecular flexibility index (Phi) is 6.90. The molecule has 21 heavy (non-hydrogen) atoms. The van der Waals surface area contributed by atoms with Crippen LogP contribution in [0.4, 0.5) is 0 Å². The fourth-order valence-electron chi connectivity index (χ4n) is 1.50. The molecule has 1 aromatic rings. The van der Waals surface area contributed by atoms with E-state index in [4.69, 9.17) is 5.11 Å². The average Bonchev–Trinajstić information content (AvgIpc) is 2.45. The van der Waals surface area contributed by atoms with Gasteiger partial charge in [0, 0.05) is 18.5 Å². The molecule has 0 saturated carbocycles. The van der Waals surface area contributed by atoms with Crippen molar-refractivity contribution in [2.24, 2.45) is 11.8 Å². The summed E-state index contributed by atoms with van der Waals surface area (Å²) in [5, 5.41) is 8.65. The van der Waals surface area contributed by atoms with Crippen molar-refractivity contribution in [2.75, 3.05) is 13.2 Å². The molecule has 0 aliphatic carbocycles. The highest BCUT2D eigenvalue weighted by molar-refractivity contribution is 7.89. The topological polar surface area (TPSA) is 66.4 Å². The van der Waals surface area contributed by atoms with Crippen molar-refractivity contribution in [3.05, 3.63) is 29.8 Å². The Hall–Kier alpha value is -1.35. The van der Waals surface area contributed by atoms with E-state index in [1.54, 1.807) is 24.3 Å². The Labute approximate surface area is 127 Å². The van der Waals surface area contributed by atoms with Crippen LogP contribution in [0, 0.1) is 23.7 Å². The van der Waals surface area contributed by atoms with E-state index in [0.29, 0.717) is 18.9 Å². The summed E-state index contributed by atoms with van der Waals surface area (Å²) < 4.78 is 26.9. The molecule has 0 heterocycles. The van der Waals surface area contributed by atoms with Crippen LogP contribution in [-0.2, 0) is 10.0 Å². The maximum atomic E-state index is 12.2. The van der Waals surface area contributed by atoms with Crippen LogP contribution in [0.1, 0.15) is 32.8 Å². The minimum atomic E-state index is -3.47. The summed E-state index contributed by atoms with van der Waals surface area (Å²) >= 11 is 0. The lowest BCUT2D eigenvalue weighted by Gasteiger charge is -2.16. The van der Waals surface area contributed by atoms with Gasteiger partial charge in [-0.05, 0) is 36.1 Å². The summed E-state index contributed by atoms with van der Waals surface area (Å²) in [4.78, 5) is 0.242. The van der Waals surface area contributed by atoms with E-state index in [1.165, 1.54) is 0 Å². The second-order valence-corrected chi connectivity index (χ2v) is 7.14. The van der Waals surface area contributed by atoms with Crippen LogP contribution in [0.5, 0.6) is 0 Å². The maximum absolute atomic E-state index is 12.2. The van der Waals surface area contributed by atoms with Gasteiger partial charge in [-0.1, -0.05) is 32.6 Å². The third kappa shape index (κ3) is 5.88. The largest absolute Gasteiger partial charge is 0.395 e. The summed E-state index contributed by atoms with van der Waals surface area (Å²) in [5.74, 6) is 6.37. The van der Waals surface area contributed by atoms with Gasteiger partial charge < -0.3 is 5.11 Å². The highest BCUT2D eigenvalue weighted by Gasteiger charge is 2.16. The van der Waals surface area contributed by atoms with Gasteiger partial charge in [0.15, 0.2) is 0 Å². The lowest BCUT2D eigenvalue weighted by molar-refractivity contribution is 0.305. The summed E-state index contributed by atoms with van der Waals surface area (Å²) in [5.41, 5.74) is 0.734. The maximum Gasteiger partial charge on any atom is 0.240 e. The van der Waals surface area contributed by atoms with Crippen LogP contribution in [0.2, 0.25) is 0 Å². The van der Waals surface area contributed by atoms with E-state index >= 15 is 0 Å². The molecule has 0 bridgehead atoms. The first-order valence-electron chi connectivity index (χ1n) is 7.06. The van der Waals surface area contributed by atoms with Gasteiger partial charge in [-0.2, -0.15) is 0 Å². The van der Waals surface area contributed by atoms with E-state index in [-0.39, 0.29) is 17.4 Å². The molecule has 0 aliphatic rings. The van der Waals surface area contributed by atoms with Crippen molar-refractivity contribution in [3.8, 4) is 11.8 Å². The number of aliphatic hydroxyl groups is 1. The minimum absolute atomic E-state index is 0.0252. The van der Waals surface area contributed by atoms with Crippen LogP contribution < -0.4 is 4.72 Å². The van der Waals surface area contributed by atoms with E-state index in [0.717, 1.165) is 5.56 Å².